The summed E-state index contributed by atoms with van der Waals surface area (Å²) in [6.45, 7) is 13.1. The maximum absolute atomic E-state index is 14.5. The molecule has 0 unspecified atom stereocenters. The molecule has 16 heavy (non-hydrogen) atoms. The van der Waals surface area contributed by atoms with E-state index in [2.05, 4.69) is 55.2 Å². The minimum atomic E-state index is -1.60. The first-order valence-corrected chi connectivity index (χ1v) is 13.3. The monoisotopic (exact) mass is 318 g/mol. The minimum Gasteiger partial charge on any atom is -0.207 e. The molecule has 0 saturated heterocycles. The lowest BCUT2D eigenvalue weighted by molar-refractivity contribution is 0.642. The molecule has 0 aliphatic rings. The van der Waals surface area contributed by atoms with E-state index in [-0.39, 0.29) is 5.82 Å². The first-order chi connectivity index (χ1) is 7.03. The third kappa shape index (κ3) is 3.05. The summed E-state index contributed by atoms with van der Waals surface area (Å²) in [5.41, 5.74) is 0. The summed E-state index contributed by atoms with van der Waals surface area (Å²) in [7, 11) is -3.20. The van der Waals surface area contributed by atoms with Crippen LogP contribution >= 0.6 is 15.9 Å². The van der Waals surface area contributed by atoms with Crippen molar-refractivity contribution in [2.24, 2.45) is 0 Å². The van der Waals surface area contributed by atoms with Gasteiger partial charge in [0.05, 0.1) is 16.1 Å². The van der Waals surface area contributed by atoms with E-state index in [1.165, 1.54) is 0 Å². The molecule has 0 amide bonds. The number of hydrogen-bond donors (Lipinski definition) is 0. The average molecular weight is 319 g/mol. The van der Waals surface area contributed by atoms with E-state index in [0.29, 0.717) is 0 Å². The zero-order chi connectivity index (χ0) is 12.7. The zero-order valence-corrected chi connectivity index (χ0v) is 14.5. The topological polar surface area (TPSA) is 0 Å². The molecule has 0 bridgehead atoms. The lowest BCUT2D eigenvalue weighted by atomic mass is 10.3. The van der Waals surface area contributed by atoms with Crippen molar-refractivity contribution in [3.8, 4) is 0 Å². The van der Waals surface area contributed by atoms with Crippen molar-refractivity contribution >= 4 is 42.5 Å². The van der Waals surface area contributed by atoms with Gasteiger partial charge in [-0.3, -0.25) is 0 Å². The summed E-state index contributed by atoms with van der Waals surface area (Å²) in [5.74, 6) is 0.0570. The van der Waals surface area contributed by atoms with Gasteiger partial charge in [-0.2, -0.15) is 0 Å². The number of benzene rings is 1. The number of halogens is 2. The van der Waals surface area contributed by atoms with Crippen LogP contribution in [-0.2, 0) is 0 Å². The Morgan fingerprint density at radius 1 is 0.875 bits per heavy atom. The van der Waals surface area contributed by atoms with Crippen molar-refractivity contribution in [3.63, 3.8) is 0 Å². The highest BCUT2D eigenvalue weighted by molar-refractivity contribution is 9.10. The van der Waals surface area contributed by atoms with Gasteiger partial charge in [0.1, 0.15) is 5.82 Å². The quantitative estimate of drug-likeness (QED) is 0.730. The van der Waals surface area contributed by atoms with Crippen molar-refractivity contribution in [3.05, 3.63) is 22.4 Å². The second kappa shape index (κ2) is 4.39. The molecule has 1 rings (SSSR count). The van der Waals surface area contributed by atoms with Gasteiger partial charge in [-0.15, -0.1) is 0 Å². The fourth-order valence-corrected chi connectivity index (χ4v) is 5.45. The van der Waals surface area contributed by atoms with E-state index in [1.54, 1.807) is 0 Å². The highest BCUT2D eigenvalue weighted by Crippen LogP contribution is 2.15. The molecule has 1 aromatic rings. The normalized spacial score (nSPS) is 13.0. The molecule has 0 radical (unpaired) electrons. The molecular formula is C12H20BrFSi2. The smallest absolute Gasteiger partial charge is 0.121 e. The maximum atomic E-state index is 14.5. The Labute approximate surface area is 108 Å². The van der Waals surface area contributed by atoms with Gasteiger partial charge >= 0.3 is 0 Å². The molecule has 0 heterocycles. The van der Waals surface area contributed by atoms with Crippen LogP contribution < -0.4 is 10.4 Å². The van der Waals surface area contributed by atoms with Crippen molar-refractivity contribution in [1.29, 1.82) is 0 Å². The van der Waals surface area contributed by atoms with E-state index in [1.807, 2.05) is 12.1 Å². The summed E-state index contributed by atoms with van der Waals surface area (Å²) >= 11 is 3.51. The summed E-state index contributed by atoms with van der Waals surface area (Å²) in [6, 6.07) is 3.93. The Bertz CT molecular complexity index is 367. The minimum absolute atomic E-state index is 0.0570. The molecule has 0 atom stereocenters. The van der Waals surface area contributed by atoms with Crippen molar-refractivity contribution in [2.75, 3.05) is 0 Å². The van der Waals surface area contributed by atoms with Crippen LogP contribution in [0, 0.1) is 5.82 Å². The van der Waals surface area contributed by atoms with Crippen LogP contribution in [0.5, 0.6) is 0 Å². The van der Waals surface area contributed by atoms with Crippen molar-refractivity contribution in [2.45, 2.75) is 39.3 Å². The Morgan fingerprint density at radius 2 is 1.19 bits per heavy atom. The van der Waals surface area contributed by atoms with E-state index >= 15 is 0 Å². The standard InChI is InChI=1S/C12H20BrFSi2/c1-15(2,3)10-7-9(13)8-11(12(10)14)16(4,5)6/h7-8H,1-6H3. The highest BCUT2D eigenvalue weighted by Gasteiger charge is 2.28. The Hall–Kier alpha value is 0.0638. The van der Waals surface area contributed by atoms with E-state index < -0.39 is 16.1 Å². The van der Waals surface area contributed by atoms with Gasteiger partial charge in [0.2, 0.25) is 0 Å². The van der Waals surface area contributed by atoms with E-state index in [0.717, 1.165) is 14.8 Å². The molecule has 0 nitrogen and oxygen atoms in total. The summed E-state index contributed by atoms with van der Waals surface area (Å²) < 4.78 is 15.5. The summed E-state index contributed by atoms with van der Waals surface area (Å²) in [4.78, 5) is 0. The molecule has 0 N–H and O–H groups in total. The molecule has 0 aliphatic heterocycles. The molecule has 4 heteroatoms. The summed E-state index contributed by atoms with van der Waals surface area (Å²) in [5, 5.41) is 1.89. The predicted octanol–water partition coefficient (Wildman–Crippen LogP) is 3.68. The maximum Gasteiger partial charge on any atom is 0.121 e. The van der Waals surface area contributed by atoms with Crippen LogP contribution in [0.1, 0.15) is 0 Å². The van der Waals surface area contributed by atoms with Crippen molar-refractivity contribution in [1.82, 2.24) is 0 Å². The van der Waals surface area contributed by atoms with Crippen LogP contribution in [0.4, 0.5) is 4.39 Å². The largest absolute Gasteiger partial charge is 0.207 e. The molecule has 0 fully saturated rings. The highest BCUT2D eigenvalue weighted by atomic mass is 79.9. The van der Waals surface area contributed by atoms with Gasteiger partial charge in [-0.1, -0.05) is 55.2 Å². The van der Waals surface area contributed by atoms with Crippen molar-refractivity contribution < 1.29 is 4.39 Å². The van der Waals surface area contributed by atoms with Gasteiger partial charge in [0.15, 0.2) is 0 Å². The van der Waals surface area contributed by atoms with Gasteiger partial charge < -0.3 is 0 Å². The fourth-order valence-electron chi connectivity index (χ4n) is 1.68. The lowest BCUT2D eigenvalue weighted by Gasteiger charge is -2.24. The molecule has 0 spiro atoms. The Kier molecular flexibility index (Phi) is 3.87. The molecule has 0 aromatic heterocycles. The van der Waals surface area contributed by atoms with Crippen LogP contribution in [0.2, 0.25) is 39.3 Å². The van der Waals surface area contributed by atoms with Crippen LogP contribution in [-0.4, -0.2) is 16.1 Å². The first-order valence-electron chi connectivity index (χ1n) is 5.53. The van der Waals surface area contributed by atoms with Crippen LogP contribution in [0.15, 0.2) is 16.6 Å². The molecule has 0 saturated carbocycles. The number of rotatable bonds is 2. The first kappa shape index (κ1) is 14.1. The van der Waals surface area contributed by atoms with Gasteiger partial charge in [-0.05, 0) is 22.5 Å². The Balaban J connectivity index is 3.51. The zero-order valence-electron chi connectivity index (χ0n) is 10.9. The van der Waals surface area contributed by atoms with E-state index in [9.17, 15) is 4.39 Å². The lowest BCUT2D eigenvalue weighted by Crippen LogP contribution is -2.49. The summed E-state index contributed by atoms with van der Waals surface area (Å²) in [6.07, 6.45) is 0. The van der Waals surface area contributed by atoms with Crippen LogP contribution in [0.25, 0.3) is 0 Å². The number of hydrogen-bond acceptors (Lipinski definition) is 0. The SMILES string of the molecule is C[Si](C)(C)c1cc(Br)cc([Si](C)(C)C)c1F. The fraction of sp³-hybridized carbons (Fsp3) is 0.500. The second-order valence-electron chi connectivity index (χ2n) is 6.31. The van der Waals surface area contributed by atoms with E-state index in [4.69, 9.17) is 0 Å². The third-order valence-corrected chi connectivity index (χ3v) is 7.07. The molecule has 90 valence electrons. The Morgan fingerprint density at radius 3 is 1.44 bits per heavy atom. The second-order valence-corrected chi connectivity index (χ2v) is 17.3. The average Bonchev–Trinajstić information content (AvgIpc) is 2.04. The van der Waals surface area contributed by atoms with Gasteiger partial charge in [-0.25, -0.2) is 4.39 Å². The third-order valence-electron chi connectivity index (χ3n) is 2.65. The van der Waals surface area contributed by atoms with Gasteiger partial charge in [0, 0.05) is 4.47 Å². The predicted molar refractivity (Wildman–Crippen MR) is 80.1 cm³/mol. The van der Waals surface area contributed by atoms with Crippen LogP contribution in [0.3, 0.4) is 0 Å². The molecular weight excluding hydrogens is 299 g/mol. The molecule has 1 aromatic carbocycles. The molecule has 0 aliphatic carbocycles. The van der Waals surface area contributed by atoms with Gasteiger partial charge in [0.25, 0.3) is 0 Å².